The van der Waals surface area contributed by atoms with Crippen molar-refractivity contribution in [2.24, 2.45) is 0 Å². The third-order valence-corrected chi connectivity index (χ3v) is 8.23. The van der Waals surface area contributed by atoms with Crippen molar-refractivity contribution >= 4 is 23.3 Å². The molecule has 1 atom stereocenters. The maximum Gasteiger partial charge on any atom is 0.416 e. The molecule has 0 saturated carbocycles. The summed E-state index contributed by atoms with van der Waals surface area (Å²) in [7, 11) is 1.51. The van der Waals surface area contributed by atoms with E-state index in [0.29, 0.717) is 43.2 Å². The van der Waals surface area contributed by atoms with Gasteiger partial charge in [-0.15, -0.1) is 0 Å². The van der Waals surface area contributed by atoms with Crippen LogP contribution in [0.3, 0.4) is 0 Å². The highest BCUT2D eigenvalue weighted by atomic mass is 19.4. The Morgan fingerprint density at radius 2 is 1.96 bits per heavy atom. The number of hydrogen-bond donors (Lipinski definition) is 3. The molecule has 5 heterocycles. The Hall–Kier alpha value is -4.76. The third kappa shape index (κ3) is 6.60. The first-order valence-electron chi connectivity index (χ1n) is 15.0. The minimum atomic E-state index is -4.57. The number of alkyl halides is 3. The van der Waals surface area contributed by atoms with Gasteiger partial charge < -0.3 is 25.6 Å². The molecule has 2 aliphatic heterocycles. The lowest BCUT2D eigenvalue weighted by Crippen LogP contribution is -2.43. The van der Waals surface area contributed by atoms with Gasteiger partial charge in [0.15, 0.2) is 11.4 Å². The molecule has 12 nitrogen and oxygen atoms in total. The number of carbonyl (C=O) groups excluding carboxylic acids is 2. The maximum absolute atomic E-state index is 14.1. The van der Waals surface area contributed by atoms with Gasteiger partial charge in [0.05, 0.1) is 29.8 Å². The molecule has 3 N–H and O–H groups in total. The first-order chi connectivity index (χ1) is 22.1. The molecular weight excluding hydrogens is 603 g/mol. The van der Waals surface area contributed by atoms with Crippen molar-refractivity contribution in [3.63, 3.8) is 0 Å². The van der Waals surface area contributed by atoms with Crippen LogP contribution >= 0.6 is 0 Å². The first-order valence-corrected chi connectivity index (χ1v) is 15.0. The van der Waals surface area contributed by atoms with E-state index >= 15 is 0 Å². The number of piperazine rings is 1. The van der Waals surface area contributed by atoms with Crippen molar-refractivity contribution in [3.8, 4) is 11.5 Å². The number of aromatic nitrogens is 4. The van der Waals surface area contributed by atoms with Gasteiger partial charge in [-0.1, -0.05) is 13.0 Å². The minimum Gasteiger partial charge on any atom is -0.452 e. The average molecular weight is 638 g/mol. The van der Waals surface area contributed by atoms with Crippen LogP contribution in [0.15, 0.2) is 48.9 Å². The molecule has 0 radical (unpaired) electrons. The number of nitrogens with one attached hydrogen (secondary N) is 3. The standard InChI is InChI=1S/C31H34F3N9O3/c1-3-19-16-42(30(45)39-22-5-4-20(24(13-22)31(32,33)34)15-41-10-8-36-9-11-41)17-21-12-23(14-37-27(19)21)46-26-6-7-38-43-18-25(29(44)35-2)40-28(26)43/h4-7,12-14,18-19,36H,3,8-11,15-17H2,1-2H3,(H,35,44)(H,39,45)/t19-/m0/s1. The summed E-state index contributed by atoms with van der Waals surface area (Å²) in [5.74, 6) is 0.302. The van der Waals surface area contributed by atoms with Crippen molar-refractivity contribution in [2.45, 2.75) is 38.5 Å². The lowest BCUT2D eigenvalue weighted by atomic mass is 9.92. The summed E-state index contributed by atoms with van der Waals surface area (Å²) < 4.78 is 49.8. The number of nitrogens with zero attached hydrogens (tertiary/aromatic N) is 6. The number of ether oxygens (including phenoxy) is 1. The van der Waals surface area contributed by atoms with Crippen molar-refractivity contribution in [3.05, 3.63) is 77.0 Å². The van der Waals surface area contributed by atoms with Crippen molar-refractivity contribution in [2.75, 3.05) is 45.1 Å². The van der Waals surface area contributed by atoms with E-state index in [9.17, 15) is 22.8 Å². The van der Waals surface area contributed by atoms with Crippen molar-refractivity contribution in [1.29, 1.82) is 0 Å². The second-order valence-corrected chi connectivity index (χ2v) is 11.3. The summed E-state index contributed by atoms with van der Waals surface area (Å²) in [6.07, 6.45) is 0.739. The minimum absolute atomic E-state index is 0.0768. The summed E-state index contributed by atoms with van der Waals surface area (Å²) in [5.41, 5.74) is 1.60. The number of anilines is 1. The number of amides is 3. The molecule has 0 aliphatic carbocycles. The van der Waals surface area contributed by atoms with E-state index < -0.39 is 17.8 Å². The van der Waals surface area contributed by atoms with E-state index in [-0.39, 0.29) is 41.9 Å². The van der Waals surface area contributed by atoms with Crippen LogP contribution in [-0.4, -0.2) is 81.1 Å². The largest absolute Gasteiger partial charge is 0.452 e. The summed E-state index contributed by atoms with van der Waals surface area (Å²) in [6.45, 7) is 5.52. The van der Waals surface area contributed by atoms with Crippen LogP contribution in [0.2, 0.25) is 0 Å². The van der Waals surface area contributed by atoms with Gasteiger partial charge in [-0.2, -0.15) is 18.3 Å². The van der Waals surface area contributed by atoms with Gasteiger partial charge in [-0.05, 0) is 35.7 Å². The van der Waals surface area contributed by atoms with Crippen LogP contribution in [0.1, 0.15) is 52.1 Å². The Morgan fingerprint density at radius 3 is 2.70 bits per heavy atom. The third-order valence-electron chi connectivity index (χ3n) is 8.23. The molecular formula is C31H34F3N9O3. The molecule has 46 heavy (non-hydrogen) atoms. The fourth-order valence-electron chi connectivity index (χ4n) is 5.84. The molecule has 2 aliphatic rings. The van der Waals surface area contributed by atoms with E-state index in [1.54, 1.807) is 23.2 Å². The van der Waals surface area contributed by atoms with Gasteiger partial charge >= 0.3 is 12.2 Å². The number of carbonyl (C=O) groups is 2. The maximum atomic E-state index is 14.1. The molecule has 3 amide bonds. The van der Waals surface area contributed by atoms with Crippen LogP contribution in [0.25, 0.3) is 5.65 Å². The number of hydrogen-bond acceptors (Lipinski definition) is 8. The van der Waals surface area contributed by atoms with E-state index in [4.69, 9.17) is 4.74 Å². The fraction of sp³-hybridized carbons (Fsp3) is 0.387. The number of fused-ring (bicyclic) bond motifs is 2. The average Bonchev–Trinajstić information content (AvgIpc) is 3.50. The van der Waals surface area contributed by atoms with E-state index in [1.807, 2.05) is 11.8 Å². The lowest BCUT2D eigenvalue weighted by Gasteiger charge is -2.33. The van der Waals surface area contributed by atoms with Gasteiger partial charge in [-0.25, -0.2) is 14.3 Å². The number of pyridine rings is 1. The van der Waals surface area contributed by atoms with Gasteiger partial charge in [0, 0.05) is 70.5 Å². The molecule has 6 rings (SSSR count). The van der Waals surface area contributed by atoms with Gasteiger partial charge in [0.25, 0.3) is 5.91 Å². The SMILES string of the molecule is CC[C@H]1CN(C(=O)Nc2ccc(CN3CCNCC3)c(C(F)(F)F)c2)Cc2cc(Oc3ccnn4cc(C(=O)NC)nc34)cnc21. The van der Waals surface area contributed by atoms with Gasteiger partial charge in [0.2, 0.25) is 0 Å². The van der Waals surface area contributed by atoms with E-state index in [0.717, 1.165) is 30.4 Å². The Morgan fingerprint density at radius 1 is 1.15 bits per heavy atom. The monoisotopic (exact) mass is 637 g/mol. The van der Waals surface area contributed by atoms with Crippen molar-refractivity contribution in [1.82, 2.24) is 40.0 Å². The number of imidazole rings is 1. The lowest BCUT2D eigenvalue weighted by molar-refractivity contribution is -0.138. The number of urea groups is 1. The second-order valence-electron chi connectivity index (χ2n) is 11.3. The Balaban J connectivity index is 1.20. The molecule has 1 saturated heterocycles. The summed E-state index contributed by atoms with van der Waals surface area (Å²) in [6, 6.07) is 6.88. The smallest absolute Gasteiger partial charge is 0.416 e. The zero-order chi connectivity index (χ0) is 32.4. The number of benzene rings is 1. The molecule has 242 valence electrons. The van der Waals surface area contributed by atoms with Crippen molar-refractivity contribution < 1.29 is 27.5 Å². The normalized spacial score (nSPS) is 17.1. The van der Waals surface area contributed by atoms with Crippen LogP contribution in [0, 0.1) is 0 Å². The molecule has 3 aromatic heterocycles. The summed E-state index contributed by atoms with van der Waals surface area (Å²) >= 11 is 0. The van der Waals surface area contributed by atoms with Crippen LogP contribution < -0.4 is 20.7 Å². The van der Waals surface area contributed by atoms with Crippen LogP contribution in [0.4, 0.5) is 23.7 Å². The molecule has 15 heteroatoms. The molecule has 1 fully saturated rings. The fourth-order valence-corrected chi connectivity index (χ4v) is 5.84. The zero-order valence-electron chi connectivity index (χ0n) is 25.4. The topological polar surface area (TPSA) is 129 Å². The molecule has 0 spiro atoms. The number of rotatable bonds is 7. The Labute approximate surface area is 262 Å². The molecule has 0 unspecified atom stereocenters. The quantitative estimate of drug-likeness (QED) is 0.275. The van der Waals surface area contributed by atoms with Crippen LogP contribution in [-0.2, 0) is 19.3 Å². The molecule has 4 aromatic rings. The van der Waals surface area contributed by atoms with Crippen LogP contribution in [0.5, 0.6) is 11.5 Å². The highest BCUT2D eigenvalue weighted by Gasteiger charge is 2.35. The van der Waals surface area contributed by atoms with Gasteiger partial charge in [-0.3, -0.25) is 14.7 Å². The predicted octanol–water partition coefficient (Wildman–Crippen LogP) is 4.24. The number of halogens is 3. The highest BCUT2D eigenvalue weighted by molar-refractivity contribution is 5.92. The molecule has 0 bridgehead atoms. The Kier molecular flexibility index (Phi) is 8.77. The molecule has 1 aromatic carbocycles. The Bertz CT molecular complexity index is 1750. The zero-order valence-corrected chi connectivity index (χ0v) is 25.4. The van der Waals surface area contributed by atoms with Gasteiger partial charge in [0.1, 0.15) is 11.4 Å². The predicted molar refractivity (Wildman–Crippen MR) is 163 cm³/mol. The summed E-state index contributed by atoms with van der Waals surface area (Å²) in [5, 5.41) is 12.6. The summed E-state index contributed by atoms with van der Waals surface area (Å²) in [4.78, 5) is 38.0. The first kappa shape index (κ1) is 31.2. The second kappa shape index (κ2) is 12.9. The van der Waals surface area contributed by atoms with E-state index in [1.165, 1.54) is 36.1 Å². The highest BCUT2D eigenvalue weighted by Crippen LogP contribution is 2.36. The van der Waals surface area contributed by atoms with E-state index in [2.05, 4.69) is 31.0 Å².